The normalized spacial score (nSPS) is 19.8. The number of halogens is 1. The first kappa shape index (κ1) is 36.1. The van der Waals surface area contributed by atoms with Gasteiger partial charge in [0.05, 0.1) is 11.3 Å². The first-order valence-electron chi connectivity index (χ1n) is 17.0. The van der Waals surface area contributed by atoms with Crippen LogP contribution in [-0.2, 0) is 0 Å². The van der Waals surface area contributed by atoms with Crippen molar-refractivity contribution in [1.82, 2.24) is 4.90 Å². The zero-order valence-electron chi connectivity index (χ0n) is 27.9. The van der Waals surface area contributed by atoms with Crippen molar-refractivity contribution in [2.24, 2.45) is 0 Å². The zero-order chi connectivity index (χ0) is 33.8. The van der Waals surface area contributed by atoms with Crippen LogP contribution in [0.1, 0.15) is 55.8 Å². The Kier molecular flexibility index (Phi) is 13.4. The summed E-state index contributed by atoms with van der Waals surface area (Å²) < 4.78 is 20.0. The third-order valence-electron chi connectivity index (χ3n) is 9.72. The van der Waals surface area contributed by atoms with Gasteiger partial charge in [0.2, 0.25) is 0 Å². The van der Waals surface area contributed by atoms with Gasteiger partial charge in [-0.3, -0.25) is 4.79 Å². The largest absolute Gasteiger partial charge is 0.506 e. The molecule has 0 amide bonds. The summed E-state index contributed by atoms with van der Waals surface area (Å²) in [6, 6.07) is 9.78. The summed E-state index contributed by atoms with van der Waals surface area (Å²) in [5, 5.41) is 37.0. The minimum atomic E-state index is -0.617. The molecule has 4 saturated heterocycles. The predicted octanol–water partition coefficient (Wildman–Crippen LogP) is 5.57. The third-order valence-corrected chi connectivity index (χ3v) is 9.72. The van der Waals surface area contributed by atoms with Gasteiger partial charge in [0, 0.05) is 74.6 Å². The molecule has 0 saturated carbocycles. The van der Waals surface area contributed by atoms with E-state index in [-0.39, 0.29) is 24.4 Å². The first-order valence-corrected chi connectivity index (χ1v) is 17.0. The maximum atomic E-state index is 14.0. The number of hydrogen-bond acceptors (Lipinski definition) is 9. The maximum Gasteiger partial charge on any atom is 0.271 e. The number of likely N-dealkylation sites (tertiary alicyclic amines) is 1. The van der Waals surface area contributed by atoms with Gasteiger partial charge in [0.15, 0.2) is 0 Å². The molecule has 250 valence electrons. The van der Waals surface area contributed by atoms with E-state index in [9.17, 15) is 19.4 Å². The van der Waals surface area contributed by atoms with E-state index >= 15 is 0 Å². The number of carbonyl (C=O) groups is 1. The second-order valence-electron chi connectivity index (χ2n) is 13.6. The number of benzene rings is 2. The van der Waals surface area contributed by atoms with E-state index in [4.69, 9.17) is 15.3 Å². The van der Waals surface area contributed by atoms with Crippen LogP contribution in [0.2, 0.25) is 25.3 Å². The number of nitrogens with zero attached hydrogens (tertiary/aromatic N) is 5. The van der Waals surface area contributed by atoms with Crippen molar-refractivity contribution in [2.75, 3.05) is 56.1 Å². The molecule has 12 heteroatoms. The maximum absolute atomic E-state index is 14.0. The standard InChI is InChI=1S/C17H23BFN3O.C13H17NO3.C5H8BN/c1-21-6-2-16(3-7-21)23-17-11-14(19)10-15(12-17)22-8-4-18(13-20)5-9-22;1-13(17)4-6-14(7-5-13)11-8-10(9-15)2-3-12(11)16;7-5-6-3-1-2-4-6/h10-12,16H,2-9H2,1H3;2-3,8-9,16-17H,4-7H2,1H3;1-4H2. The van der Waals surface area contributed by atoms with Crippen molar-refractivity contribution in [3.8, 4) is 23.4 Å². The minimum absolute atomic E-state index is 0.134. The Hall–Kier alpha value is -3.73. The van der Waals surface area contributed by atoms with Crippen molar-refractivity contribution in [3.05, 3.63) is 47.8 Å². The van der Waals surface area contributed by atoms with Crippen LogP contribution in [0.25, 0.3) is 0 Å². The highest BCUT2D eigenvalue weighted by Gasteiger charge is 2.28. The fourth-order valence-corrected chi connectivity index (χ4v) is 6.51. The number of aromatic hydroxyl groups is 1. The predicted molar refractivity (Wildman–Crippen MR) is 187 cm³/mol. The van der Waals surface area contributed by atoms with Gasteiger partial charge in [-0.05, 0) is 76.6 Å². The Balaban J connectivity index is 0.000000182. The molecule has 2 N–H and O–H groups in total. The van der Waals surface area contributed by atoms with E-state index in [0.717, 1.165) is 76.3 Å². The number of anilines is 2. The number of aldehydes is 1. The van der Waals surface area contributed by atoms with Gasteiger partial charge in [0.1, 0.15) is 29.7 Å². The summed E-state index contributed by atoms with van der Waals surface area (Å²) in [4.78, 5) is 17.2. The van der Waals surface area contributed by atoms with Crippen LogP contribution in [-0.4, -0.2) is 92.8 Å². The lowest BCUT2D eigenvalue weighted by molar-refractivity contribution is 0.0350. The lowest BCUT2D eigenvalue weighted by Gasteiger charge is -2.37. The van der Waals surface area contributed by atoms with Gasteiger partial charge in [-0.15, -0.1) is 0 Å². The van der Waals surface area contributed by atoms with Crippen LogP contribution in [0.5, 0.6) is 11.5 Å². The molecular formula is C35H48B2FN5O4. The van der Waals surface area contributed by atoms with Crippen LogP contribution in [0.15, 0.2) is 36.4 Å². The quantitative estimate of drug-likeness (QED) is 0.318. The van der Waals surface area contributed by atoms with Crippen molar-refractivity contribution in [1.29, 1.82) is 10.5 Å². The van der Waals surface area contributed by atoms with Gasteiger partial charge < -0.3 is 29.6 Å². The summed E-state index contributed by atoms with van der Waals surface area (Å²) in [5.41, 5.74) is 1.47. The molecule has 4 fully saturated rings. The van der Waals surface area contributed by atoms with Crippen molar-refractivity contribution in [2.45, 2.75) is 82.4 Å². The number of phenolic OH excluding ortho intramolecular Hbond substituents is 1. The average Bonchev–Trinajstić information content (AvgIpc) is 3.61. The fourth-order valence-electron chi connectivity index (χ4n) is 6.51. The molecule has 9 nitrogen and oxygen atoms in total. The van der Waals surface area contributed by atoms with E-state index in [1.807, 2.05) is 17.9 Å². The molecular weight excluding hydrogens is 595 g/mol. The Bertz CT molecular complexity index is 1390. The molecule has 2 aromatic carbocycles. The second kappa shape index (κ2) is 17.4. The van der Waals surface area contributed by atoms with E-state index in [0.29, 0.717) is 49.6 Å². The Morgan fingerprint density at radius 2 is 1.53 bits per heavy atom. The summed E-state index contributed by atoms with van der Waals surface area (Å²) in [5.74, 6) is 5.13. The molecule has 47 heavy (non-hydrogen) atoms. The van der Waals surface area contributed by atoms with Crippen LogP contribution in [0.4, 0.5) is 15.8 Å². The Labute approximate surface area is 280 Å². The number of carbonyl (C=O) groups excluding carboxylic acids is 1. The van der Waals surface area contributed by atoms with E-state index in [1.165, 1.54) is 25.0 Å². The van der Waals surface area contributed by atoms with Gasteiger partial charge in [-0.25, -0.2) is 14.9 Å². The van der Waals surface area contributed by atoms with E-state index in [1.54, 1.807) is 18.2 Å². The fraction of sp³-hybridized carbons (Fsp3) is 0.571. The first-order chi connectivity index (χ1) is 22.6. The number of nitriles is 2. The molecule has 6 rings (SSSR count). The molecule has 0 spiro atoms. The molecule has 0 aromatic heterocycles. The molecule has 0 radical (unpaired) electrons. The van der Waals surface area contributed by atoms with Gasteiger partial charge >= 0.3 is 0 Å². The number of piperidine rings is 2. The minimum Gasteiger partial charge on any atom is -0.506 e. The van der Waals surface area contributed by atoms with Gasteiger partial charge in [-0.2, -0.15) is 0 Å². The SMILES string of the molecule is CC1(O)CCN(c2cc(C=O)ccc2O)CC1.CN1CCC(Oc2cc(F)cc(N3CCB(C#N)CC3)c2)CC1.N#CB1CCCC1. The number of phenols is 1. The highest BCUT2D eigenvalue weighted by atomic mass is 19.1. The lowest BCUT2D eigenvalue weighted by atomic mass is 9.45. The zero-order valence-corrected chi connectivity index (χ0v) is 27.9. The Morgan fingerprint density at radius 3 is 2.11 bits per heavy atom. The number of aliphatic hydroxyl groups is 1. The molecule has 0 bridgehead atoms. The van der Waals surface area contributed by atoms with Gasteiger partial charge in [-0.1, -0.05) is 25.5 Å². The molecule has 4 aliphatic rings. The lowest BCUT2D eigenvalue weighted by Crippen LogP contribution is -2.42. The summed E-state index contributed by atoms with van der Waals surface area (Å²) >= 11 is 0. The van der Waals surface area contributed by atoms with Crippen molar-refractivity contribution < 1.29 is 24.1 Å². The smallest absolute Gasteiger partial charge is 0.271 e. The highest BCUT2D eigenvalue weighted by Crippen LogP contribution is 2.33. The number of rotatable bonds is 5. The van der Waals surface area contributed by atoms with Crippen molar-refractivity contribution in [3.63, 3.8) is 0 Å². The average molecular weight is 643 g/mol. The summed E-state index contributed by atoms with van der Waals surface area (Å²) in [7, 11) is 2.11. The molecule has 4 aliphatic heterocycles. The summed E-state index contributed by atoms with van der Waals surface area (Å²) in [6.45, 7) is 7.38. The van der Waals surface area contributed by atoms with Gasteiger partial charge in [0.25, 0.3) is 13.4 Å². The van der Waals surface area contributed by atoms with E-state index < -0.39 is 5.60 Å². The number of hydrogen-bond donors (Lipinski definition) is 2. The van der Waals surface area contributed by atoms with Crippen molar-refractivity contribution >= 4 is 31.1 Å². The monoisotopic (exact) mass is 643 g/mol. The summed E-state index contributed by atoms with van der Waals surface area (Å²) in [6.07, 6.45) is 10.8. The topological polar surface area (TPSA) is 124 Å². The van der Waals surface area contributed by atoms with E-state index in [2.05, 4.69) is 28.8 Å². The molecule has 0 aliphatic carbocycles. The molecule has 0 atom stereocenters. The molecule has 4 heterocycles. The third kappa shape index (κ3) is 11.2. The second-order valence-corrected chi connectivity index (χ2v) is 13.6. The Morgan fingerprint density at radius 1 is 0.915 bits per heavy atom. The van der Waals surface area contributed by atoms with Crippen LogP contribution >= 0.6 is 0 Å². The molecule has 0 unspecified atom stereocenters. The number of ether oxygens (including phenoxy) is 1. The van der Waals surface area contributed by atoms with Crippen LogP contribution in [0, 0.1) is 28.3 Å². The van der Waals surface area contributed by atoms with Crippen LogP contribution < -0.4 is 14.5 Å². The molecule has 2 aromatic rings. The van der Waals surface area contributed by atoms with Crippen LogP contribution in [0.3, 0.4) is 0 Å². The highest BCUT2D eigenvalue weighted by molar-refractivity contribution is 6.67.